The van der Waals surface area contributed by atoms with Crippen molar-refractivity contribution in [2.24, 2.45) is 13.0 Å². The Morgan fingerprint density at radius 2 is 2.38 bits per heavy atom. The van der Waals surface area contributed by atoms with Crippen molar-refractivity contribution in [3.63, 3.8) is 0 Å². The second-order valence-corrected chi connectivity index (χ2v) is 5.62. The van der Waals surface area contributed by atoms with Gasteiger partial charge in [-0.05, 0) is 41.3 Å². The van der Waals surface area contributed by atoms with E-state index in [1.807, 2.05) is 23.9 Å². The monoisotopic (exact) mass is 284 g/mol. The molecule has 16 heavy (non-hydrogen) atoms. The molecule has 1 aliphatic carbocycles. The molecule has 0 aliphatic heterocycles. The Balaban J connectivity index is 1.93. The molecule has 1 aliphatic rings. The maximum atomic E-state index is 11.9. The van der Waals surface area contributed by atoms with Gasteiger partial charge >= 0.3 is 0 Å². The van der Waals surface area contributed by atoms with E-state index in [1.54, 1.807) is 0 Å². The smallest absolute Gasteiger partial charge is 0.268 e. The van der Waals surface area contributed by atoms with Crippen LogP contribution in [-0.4, -0.2) is 16.5 Å². The third-order valence-corrected chi connectivity index (χ3v) is 3.40. The standard InChI is InChI=1S/C12H17BrN2O/c1-8(5-9-3-4-9)14-12(16)11-6-10(13)7-15(11)2/h6-9H,3-5H2,1-2H3,(H,14,16). The van der Waals surface area contributed by atoms with Crippen LogP contribution in [0.1, 0.15) is 36.7 Å². The minimum Gasteiger partial charge on any atom is -0.348 e. The Kier molecular flexibility index (Phi) is 3.38. The number of amides is 1. The van der Waals surface area contributed by atoms with Crippen LogP contribution < -0.4 is 5.32 Å². The molecule has 1 aromatic heterocycles. The topological polar surface area (TPSA) is 34.0 Å². The minimum atomic E-state index is 0.0151. The van der Waals surface area contributed by atoms with Gasteiger partial charge in [0.2, 0.25) is 0 Å². The van der Waals surface area contributed by atoms with Gasteiger partial charge in [0.05, 0.1) is 0 Å². The Morgan fingerprint density at radius 1 is 1.69 bits per heavy atom. The van der Waals surface area contributed by atoms with Crippen LogP contribution in [-0.2, 0) is 7.05 Å². The average molecular weight is 285 g/mol. The number of carbonyl (C=O) groups is 1. The lowest BCUT2D eigenvalue weighted by molar-refractivity contribution is 0.0929. The van der Waals surface area contributed by atoms with Crippen LogP contribution in [0.2, 0.25) is 0 Å². The number of nitrogens with zero attached hydrogens (tertiary/aromatic N) is 1. The SMILES string of the molecule is CC(CC1CC1)NC(=O)c1cc(Br)cn1C. The Bertz CT molecular complexity index is 396. The summed E-state index contributed by atoms with van der Waals surface area (Å²) in [5.74, 6) is 0.858. The normalized spacial score (nSPS) is 17.2. The van der Waals surface area contributed by atoms with Crippen molar-refractivity contribution >= 4 is 21.8 Å². The summed E-state index contributed by atoms with van der Waals surface area (Å²) in [5.41, 5.74) is 0.703. The van der Waals surface area contributed by atoms with Gasteiger partial charge in [-0.3, -0.25) is 4.79 Å². The van der Waals surface area contributed by atoms with Crippen molar-refractivity contribution in [3.8, 4) is 0 Å². The van der Waals surface area contributed by atoms with Crippen molar-refractivity contribution in [2.45, 2.75) is 32.2 Å². The van der Waals surface area contributed by atoms with Gasteiger partial charge in [0, 0.05) is 23.8 Å². The van der Waals surface area contributed by atoms with Gasteiger partial charge < -0.3 is 9.88 Å². The summed E-state index contributed by atoms with van der Waals surface area (Å²) in [6.45, 7) is 2.08. The highest BCUT2D eigenvalue weighted by Crippen LogP contribution is 2.33. The summed E-state index contributed by atoms with van der Waals surface area (Å²) in [7, 11) is 1.88. The van der Waals surface area contributed by atoms with Gasteiger partial charge in [-0.25, -0.2) is 0 Å². The molecule has 2 rings (SSSR count). The van der Waals surface area contributed by atoms with Crippen molar-refractivity contribution in [2.75, 3.05) is 0 Å². The molecule has 1 fully saturated rings. The first-order valence-electron chi connectivity index (χ1n) is 5.69. The second-order valence-electron chi connectivity index (χ2n) is 4.71. The number of halogens is 1. The van der Waals surface area contributed by atoms with Crippen LogP contribution in [0.25, 0.3) is 0 Å². The zero-order valence-electron chi connectivity index (χ0n) is 9.66. The number of hydrogen-bond donors (Lipinski definition) is 1. The molecular formula is C12H17BrN2O. The first kappa shape index (κ1) is 11.7. The summed E-state index contributed by atoms with van der Waals surface area (Å²) in [6, 6.07) is 2.12. The lowest BCUT2D eigenvalue weighted by atomic mass is 10.1. The van der Waals surface area contributed by atoms with Crippen LogP contribution in [0.3, 0.4) is 0 Å². The van der Waals surface area contributed by atoms with E-state index in [4.69, 9.17) is 0 Å². The van der Waals surface area contributed by atoms with Gasteiger partial charge in [0.25, 0.3) is 5.91 Å². The fourth-order valence-electron chi connectivity index (χ4n) is 1.96. The lowest BCUT2D eigenvalue weighted by Crippen LogP contribution is -2.33. The molecule has 1 N–H and O–H groups in total. The van der Waals surface area contributed by atoms with E-state index in [1.165, 1.54) is 12.8 Å². The fraction of sp³-hybridized carbons (Fsp3) is 0.583. The molecule has 1 atom stereocenters. The molecule has 1 saturated carbocycles. The van der Waals surface area contributed by atoms with Crippen LogP contribution >= 0.6 is 15.9 Å². The molecule has 1 unspecified atom stereocenters. The third-order valence-electron chi connectivity index (χ3n) is 2.97. The molecule has 1 heterocycles. The van der Waals surface area contributed by atoms with E-state index in [2.05, 4.69) is 28.2 Å². The number of aromatic nitrogens is 1. The van der Waals surface area contributed by atoms with Gasteiger partial charge in [0.1, 0.15) is 5.69 Å². The van der Waals surface area contributed by atoms with Crippen molar-refractivity contribution in [3.05, 3.63) is 22.4 Å². The number of hydrogen-bond acceptors (Lipinski definition) is 1. The molecular weight excluding hydrogens is 268 g/mol. The summed E-state index contributed by atoms with van der Waals surface area (Å²) >= 11 is 3.37. The second kappa shape index (κ2) is 4.62. The number of carbonyl (C=O) groups excluding carboxylic acids is 1. The van der Waals surface area contributed by atoms with E-state index in [0.717, 1.165) is 16.8 Å². The maximum Gasteiger partial charge on any atom is 0.268 e. The molecule has 1 aromatic rings. The quantitative estimate of drug-likeness (QED) is 0.906. The molecule has 88 valence electrons. The minimum absolute atomic E-state index is 0.0151. The van der Waals surface area contributed by atoms with E-state index in [-0.39, 0.29) is 11.9 Å². The van der Waals surface area contributed by atoms with Crippen LogP contribution in [0, 0.1) is 5.92 Å². The van der Waals surface area contributed by atoms with Gasteiger partial charge in [0.15, 0.2) is 0 Å². The lowest BCUT2D eigenvalue weighted by Gasteiger charge is -2.13. The van der Waals surface area contributed by atoms with Crippen molar-refractivity contribution in [1.82, 2.24) is 9.88 Å². The first-order chi connectivity index (χ1) is 7.56. The number of nitrogens with one attached hydrogen (secondary N) is 1. The molecule has 0 aromatic carbocycles. The van der Waals surface area contributed by atoms with E-state index in [9.17, 15) is 4.79 Å². The van der Waals surface area contributed by atoms with Crippen LogP contribution in [0.15, 0.2) is 16.7 Å². The predicted octanol–water partition coefficient (Wildman–Crippen LogP) is 2.71. The Morgan fingerprint density at radius 3 is 2.88 bits per heavy atom. The fourth-order valence-corrected chi connectivity index (χ4v) is 2.48. The van der Waals surface area contributed by atoms with Crippen LogP contribution in [0.5, 0.6) is 0 Å². The molecule has 0 spiro atoms. The first-order valence-corrected chi connectivity index (χ1v) is 6.48. The number of rotatable bonds is 4. The highest BCUT2D eigenvalue weighted by atomic mass is 79.9. The molecule has 0 radical (unpaired) electrons. The van der Waals surface area contributed by atoms with E-state index < -0.39 is 0 Å². The van der Waals surface area contributed by atoms with E-state index >= 15 is 0 Å². The summed E-state index contributed by atoms with van der Waals surface area (Å²) in [5, 5.41) is 3.04. The molecule has 4 heteroatoms. The average Bonchev–Trinajstić information content (AvgIpc) is 2.90. The summed E-state index contributed by atoms with van der Waals surface area (Å²) < 4.78 is 2.78. The Labute approximate surface area is 104 Å². The Hall–Kier alpha value is -0.770. The summed E-state index contributed by atoms with van der Waals surface area (Å²) in [4.78, 5) is 11.9. The highest BCUT2D eigenvalue weighted by molar-refractivity contribution is 9.10. The van der Waals surface area contributed by atoms with Gasteiger partial charge in [-0.1, -0.05) is 12.8 Å². The van der Waals surface area contributed by atoms with Gasteiger partial charge in [-0.2, -0.15) is 0 Å². The zero-order valence-corrected chi connectivity index (χ0v) is 11.3. The molecule has 3 nitrogen and oxygen atoms in total. The molecule has 0 bridgehead atoms. The zero-order chi connectivity index (χ0) is 11.7. The highest BCUT2D eigenvalue weighted by Gasteiger charge is 2.24. The van der Waals surface area contributed by atoms with Crippen molar-refractivity contribution in [1.29, 1.82) is 0 Å². The van der Waals surface area contributed by atoms with E-state index in [0.29, 0.717) is 5.69 Å². The molecule has 1 amide bonds. The third kappa shape index (κ3) is 2.88. The van der Waals surface area contributed by atoms with Crippen LogP contribution in [0.4, 0.5) is 0 Å². The molecule has 0 saturated heterocycles. The number of aryl methyl sites for hydroxylation is 1. The summed E-state index contributed by atoms with van der Waals surface area (Å²) in [6.07, 6.45) is 5.66. The van der Waals surface area contributed by atoms with Gasteiger partial charge in [-0.15, -0.1) is 0 Å². The maximum absolute atomic E-state index is 11.9. The predicted molar refractivity (Wildman–Crippen MR) is 67.4 cm³/mol. The largest absolute Gasteiger partial charge is 0.348 e. The van der Waals surface area contributed by atoms with Crippen molar-refractivity contribution < 1.29 is 4.79 Å².